The van der Waals surface area contributed by atoms with E-state index in [0.717, 1.165) is 23.4 Å². The first-order chi connectivity index (χ1) is 9.44. The fraction of sp³-hybridized carbons (Fsp3) is 0.438. The zero-order chi connectivity index (χ0) is 14.3. The Morgan fingerprint density at radius 3 is 2.90 bits per heavy atom. The number of ether oxygens (including phenoxy) is 1. The summed E-state index contributed by atoms with van der Waals surface area (Å²) in [7, 11) is 1.88. The van der Waals surface area contributed by atoms with Gasteiger partial charge in [-0.2, -0.15) is 5.10 Å². The minimum Gasteiger partial charge on any atom is -0.487 e. The van der Waals surface area contributed by atoms with Crippen molar-refractivity contribution in [3.8, 4) is 5.75 Å². The molecule has 0 bridgehead atoms. The molecule has 4 heteroatoms. The third-order valence-electron chi connectivity index (χ3n) is 3.65. The maximum atomic E-state index is 10.5. The van der Waals surface area contributed by atoms with Crippen molar-refractivity contribution in [2.45, 2.75) is 38.4 Å². The molecule has 0 spiro atoms. The third-order valence-corrected chi connectivity index (χ3v) is 3.65. The van der Waals surface area contributed by atoms with Crippen LogP contribution in [0.3, 0.4) is 0 Å². The Morgan fingerprint density at radius 1 is 1.40 bits per heavy atom. The first-order valence-electron chi connectivity index (χ1n) is 6.92. The van der Waals surface area contributed by atoms with E-state index in [2.05, 4.69) is 25.0 Å². The molecule has 3 rings (SSSR count). The molecule has 1 N–H and O–H groups in total. The molecule has 20 heavy (non-hydrogen) atoms. The average Bonchev–Trinajstić information content (AvgIpc) is 2.89. The monoisotopic (exact) mass is 272 g/mol. The molecule has 2 heterocycles. The molecule has 0 saturated carbocycles. The maximum absolute atomic E-state index is 10.5. The molecular weight excluding hydrogens is 252 g/mol. The Kier molecular flexibility index (Phi) is 3.05. The highest BCUT2D eigenvalue weighted by molar-refractivity contribution is 5.47. The number of hydrogen-bond acceptors (Lipinski definition) is 3. The molecule has 0 fully saturated rings. The van der Waals surface area contributed by atoms with Gasteiger partial charge in [-0.15, -0.1) is 0 Å². The van der Waals surface area contributed by atoms with Gasteiger partial charge in [-0.1, -0.05) is 18.2 Å². The molecule has 1 aliphatic rings. The lowest BCUT2D eigenvalue weighted by molar-refractivity contribution is 0.126. The summed E-state index contributed by atoms with van der Waals surface area (Å²) in [5, 5.41) is 14.8. The van der Waals surface area contributed by atoms with E-state index in [-0.39, 0.29) is 5.60 Å². The smallest absolute Gasteiger partial charge is 0.129 e. The summed E-state index contributed by atoms with van der Waals surface area (Å²) < 4.78 is 7.75. The first-order valence-corrected chi connectivity index (χ1v) is 6.92. The lowest BCUT2D eigenvalue weighted by Gasteiger charge is -2.19. The Morgan fingerprint density at radius 2 is 2.20 bits per heavy atom. The van der Waals surface area contributed by atoms with Gasteiger partial charge in [-0.25, -0.2) is 0 Å². The molecule has 0 saturated heterocycles. The molecule has 1 aliphatic heterocycles. The number of nitrogens with zero attached hydrogens (tertiary/aromatic N) is 2. The number of hydrogen-bond donors (Lipinski definition) is 1. The van der Waals surface area contributed by atoms with Crippen LogP contribution in [0.5, 0.6) is 5.75 Å². The van der Waals surface area contributed by atoms with E-state index in [9.17, 15) is 5.11 Å². The highest BCUT2D eigenvalue weighted by Gasteiger charge is 2.33. The molecule has 0 radical (unpaired) electrons. The van der Waals surface area contributed by atoms with Crippen LogP contribution >= 0.6 is 0 Å². The minimum atomic E-state index is -0.589. The van der Waals surface area contributed by atoms with Gasteiger partial charge < -0.3 is 9.84 Å². The summed E-state index contributed by atoms with van der Waals surface area (Å²) in [6.45, 7) is 4.14. The standard InChI is InChI=1S/C16H20N2O2/c1-16(2)10-11-5-4-6-13(15(11)20-16)14(19)9-12-7-8-18(3)17-12/h4-8,14,19H,9-10H2,1-3H3. The fourth-order valence-electron chi connectivity index (χ4n) is 2.78. The van der Waals surface area contributed by atoms with Crippen molar-refractivity contribution in [3.63, 3.8) is 0 Å². The second kappa shape index (κ2) is 4.63. The van der Waals surface area contributed by atoms with Crippen LogP contribution in [0, 0.1) is 0 Å². The second-order valence-electron chi connectivity index (χ2n) is 6.07. The zero-order valence-electron chi connectivity index (χ0n) is 12.1. The van der Waals surface area contributed by atoms with Crippen molar-refractivity contribution in [1.82, 2.24) is 9.78 Å². The number of aromatic nitrogens is 2. The topological polar surface area (TPSA) is 47.3 Å². The van der Waals surface area contributed by atoms with Crippen molar-refractivity contribution >= 4 is 0 Å². The van der Waals surface area contributed by atoms with Crippen LogP contribution in [-0.4, -0.2) is 20.5 Å². The van der Waals surface area contributed by atoms with E-state index in [1.54, 1.807) is 4.68 Å². The lowest BCUT2D eigenvalue weighted by atomic mass is 9.98. The van der Waals surface area contributed by atoms with Crippen molar-refractivity contribution in [1.29, 1.82) is 0 Å². The predicted octanol–water partition coefficient (Wildman–Crippen LogP) is 2.41. The Labute approximate surface area is 119 Å². The van der Waals surface area contributed by atoms with E-state index in [0.29, 0.717) is 6.42 Å². The molecule has 1 aromatic carbocycles. The number of aliphatic hydroxyl groups excluding tert-OH is 1. The molecule has 0 aliphatic carbocycles. The van der Waals surface area contributed by atoms with Crippen LogP contribution in [0.15, 0.2) is 30.5 Å². The van der Waals surface area contributed by atoms with Crippen LogP contribution in [0.25, 0.3) is 0 Å². The van der Waals surface area contributed by atoms with Gasteiger partial charge in [0, 0.05) is 31.6 Å². The SMILES string of the molecule is Cn1ccc(CC(O)c2cccc3c2OC(C)(C)C3)n1. The average molecular weight is 272 g/mol. The van der Waals surface area contributed by atoms with Crippen LogP contribution in [0.2, 0.25) is 0 Å². The maximum Gasteiger partial charge on any atom is 0.129 e. The molecule has 1 unspecified atom stereocenters. The number of para-hydroxylation sites is 1. The Hall–Kier alpha value is -1.81. The normalized spacial score (nSPS) is 17.6. The summed E-state index contributed by atoms with van der Waals surface area (Å²) >= 11 is 0. The number of benzene rings is 1. The van der Waals surface area contributed by atoms with Crippen molar-refractivity contribution < 1.29 is 9.84 Å². The summed E-state index contributed by atoms with van der Waals surface area (Å²) in [5.41, 5.74) is 2.73. The van der Waals surface area contributed by atoms with Gasteiger partial charge in [0.2, 0.25) is 0 Å². The summed E-state index contributed by atoms with van der Waals surface area (Å²) in [6.07, 6.45) is 2.68. The summed E-state index contributed by atoms with van der Waals surface area (Å²) in [5.74, 6) is 0.848. The van der Waals surface area contributed by atoms with Crippen LogP contribution < -0.4 is 4.74 Å². The molecule has 0 amide bonds. The van der Waals surface area contributed by atoms with Crippen molar-refractivity contribution in [2.24, 2.45) is 7.05 Å². The Bertz CT molecular complexity index is 631. The van der Waals surface area contributed by atoms with Gasteiger partial charge >= 0.3 is 0 Å². The number of aliphatic hydroxyl groups is 1. The van der Waals surface area contributed by atoms with Gasteiger partial charge in [0.15, 0.2) is 0 Å². The Balaban J connectivity index is 1.86. The number of aryl methyl sites for hydroxylation is 1. The van der Waals surface area contributed by atoms with Gasteiger partial charge in [0.05, 0.1) is 11.8 Å². The van der Waals surface area contributed by atoms with E-state index in [4.69, 9.17) is 4.74 Å². The number of fused-ring (bicyclic) bond motifs is 1. The van der Waals surface area contributed by atoms with Gasteiger partial charge in [0.25, 0.3) is 0 Å². The molecule has 106 valence electrons. The van der Waals surface area contributed by atoms with Gasteiger partial charge in [-0.05, 0) is 25.5 Å². The van der Waals surface area contributed by atoms with Crippen LogP contribution in [0.4, 0.5) is 0 Å². The predicted molar refractivity (Wildman–Crippen MR) is 76.7 cm³/mol. The largest absolute Gasteiger partial charge is 0.487 e. The van der Waals surface area contributed by atoms with Crippen molar-refractivity contribution in [2.75, 3.05) is 0 Å². The highest BCUT2D eigenvalue weighted by Crippen LogP contribution is 2.40. The van der Waals surface area contributed by atoms with E-state index in [1.807, 2.05) is 31.4 Å². The summed E-state index contributed by atoms with van der Waals surface area (Å²) in [6, 6.07) is 7.92. The van der Waals surface area contributed by atoms with E-state index >= 15 is 0 Å². The van der Waals surface area contributed by atoms with Crippen LogP contribution in [-0.2, 0) is 19.9 Å². The second-order valence-corrected chi connectivity index (χ2v) is 6.07. The molecule has 1 aromatic heterocycles. The molecule has 1 atom stereocenters. The van der Waals surface area contributed by atoms with Gasteiger partial charge in [0.1, 0.15) is 11.4 Å². The quantitative estimate of drug-likeness (QED) is 0.933. The molecule has 4 nitrogen and oxygen atoms in total. The first kappa shape index (κ1) is 13.2. The van der Waals surface area contributed by atoms with E-state index in [1.165, 1.54) is 5.56 Å². The van der Waals surface area contributed by atoms with E-state index < -0.39 is 6.10 Å². The molecule has 2 aromatic rings. The lowest BCUT2D eigenvalue weighted by Crippen LogP contribution is -2.25. The van der Waals surface area contributed by atoms with Gasteiger partial charge in [-0.3, -0.25) is 4.68 Å². The van der Waals surface area contributed by atoms with Crippen LogP contribution in [0.1, 0.15) is 36.8 Å². The fourth-order valence-corrected chi connectivity index (χ4v) is 2.78. The molecular formula is C16H20N2O2. The minimum absolute atomic E-state index is 0.191. The number of rotatable bonds is 3. The summed E-state index contributed by atoms with van der Waals surface area (Å²) in [4.78, 5) is 0. The van der Waals surface area contributed by atoms with Crippen molar-refractivity contribution in [3.05, 3.63) is 47.3 Å². The zero-order valence-corrected chi connectivity index (χ0v) is 12.1. The third kappa shape index (κ3) is 2.43. The highest BCUT2D eigenvalue weighted by atomic mass is 16.5.